The third-order valence-corrected chi connectivity index (χ3v) is 2.45. The Labute approximate surface area is 78.0 Å². The molecular weight excluding hydrogens is 227 g/mol. The fraction of sp³-hybridized carbons (Fsp3) is 0.143. The molecule has 0 bridgehead atoms. The summed E-state index contributed by atoms with van der Waals surface area (Å²) in [7, 11) is -3.46. The van der Waals surface area contributed by atoms with Gasteiger partial charge in [-0.15, -0.1) is 0 Å². The quantitative estimate of drug-likeness (QED) is 0.678. The fourth-order valence-corrected chi connectivity index (χ4v) is 1.43. The van der Waals surface area contributed by atoms with E-state index < -0.39 is 32.8 Å². The van der Waals surface area contributed by atoms with Crippen LogP contribution in [-0.2, 0) is 10.8 Å². The Balaban J connectivity index is 3.15. The molecule has 0 aliphatic carbocycles. The van der Waals surface area contributed by atoms with Gasteiger partial charge in [0.1, 0.15) is 11.6 Å². The number of rotatable bonds is 1. The van der Waals surface area contributed by atoms with Crippen LogP contribution in [-0.4, -0.2) is 9.72 Å². The van der Waals surface area contributed by atoms with Gasteiger partial charge in [-0.2, -0.15) is 13.2 Å². The summed E-state index contributed by atoms with van der Waals surface area (Å²) in [6, 6.07) is 1.37. The van der Waals surface area contributed by atoms with E-state index in [2.05, 4.69) is 0 Å². The first-order chi connectivity index (χ1) is 6.32. The lowest BCUT2D eigenvalue weighted by molar-refractivity contribution is -0.0386. The summed E-state index contributed by atoms with van der Waals surface area (Å²) in [4.78, 5) is -1.07. The van der Waals surface area contributed by atoms with Crippen LogP contribution in [0.2, 0.25) is 0 Å². The minimum absolute atomic E-state index is 0.249. The molecule has 0 heterocycles. The maximum absolute atomic E-state index is 12.7. The molecule has 1 nitrogen and oxygen atoms in total. The fourth-order valence-electron chi connectivity index (χ4n) is 0.750. The van der Waals surface area contributed by atoms with Crippen LogP contribution in [0.3, 0.4) is 0 Å². The Morgan fingerprint density at radius 3 is 2.14 bits per heavy atom. The molecule has 7 heteroatoms. The van der Waals surface area contributed by atoms with E-state index in [4.69, 9.17) is 0 Å². The van der Waals surface area contributed by atoms with Gasteiger partial charge in [0.15, 0.2) is 10.8 Å². The van der Waals surface area contributed by atoms with Crippen molar-refractivity contribution < 1.29 is 26.2 Å². The predicted octanol–water partition coefficient (Wildman–Crippen LogP) is 2.59. The van der Waals surface area contributed by atoms with Gasteiger partial charge in [0.05, 0.1) is 4.90 Å². The van der Waals surface area contributed by atoms with Crippen molar-refractivity contribution in [1.82, 2.24) is 0 Å². The Hall–Kier alpha value is -0.980. The van der Waals surface area contributed by atoms with E-state index in [-0.39, 0.29) is 6.07 Å². The summed E-state index contributed by atoms with van der Waals surface area (Å²) in [5, 5.41) is 0. The summed E-state index contributed by atoms with van der Waals surface area (Å²) in [6.07, 6.45) is 0. The lowest BCUT2D eigenvalue weighted by atomic mass is 10.3. The number of alkyl halides is 3. The van der Waals surface area contributed by atoms with E-state index in [1.165, 1.54) is 0 Å². The van der Waals surface area contributed by atoms with Crippen LogP contribution < -0.4 is 0 Å². The summed E-state index contributed by atoms with van der Waals surface area (Å²) < 4.78 is 71.2. The SMILES string of the molecule is O=S(c1ccc(F)cc1F)C(F)(F)F. The second kappa shape index (κ2) is 3.64. The van der Waals surface area contributed by atoms with Crippen LogP contribution in [0.1, 0.15) is 0 Å². The minimum atomic E-state index is -5.04. The molecule has 0 spiro atoms. The first-order valence-corrected chi connectivity index (χ1v) is 4.41. The molecule has 0 saturated heterocycles. The van der Waals surface area contributed by atoms with Gasteiger partial charge in [-0.25, -0.2) is 13.0 Å². The molecule has 0 aromatic heterocycles. The molecule has 0 N–H and O–H groups in total. The predicted molar refractivity (Wildman–Crippen MR) is 38.8 cm³/mol. The molecule has 0 radical (unpaired) electrons. The Kier molecular flexibility index (Phi) is 2.89. The second-order valence-corrected chi connectivity index (χ2v) is 3.73. The van der Waals surface area contributed by atoms with Crippen LogP contribution in [0.5, 0.6) is 0 Å². The van der Waals surface area contributed by atoms with Gasteiger partial charge >= 0.3 is 5.51 Å². The molecular formula is C7H3F5OS. The molecule has 14 heavy (non-hydrogen) atoms. The van der Waals surface area contributed by atoms with E-state index in [0.29, 0.717) is 12.1 Å². The van der Waals surface area contributed by atoms with Crippen molar-refractivity contribution in [2.24, 2.45) is 0 Å². The van der Waals surface area contributed by atoms with Crippen molar-refractivity contribution in [2.45, 2.75) is 10.4 Å². The average Bonchev–Trinajstić information content (AvgIpc) is 2.01. The van der Waals surface area contributed by atoms with Crippen LogP contribution in [0, 0.1) is 11.6 Å². The van der Waals surface area contributed by atoms with Crippen molar-refractivity contribution in [1.29, 1.82) is 0 Å². The zero-order chi connectivity index (χ0) is 10.9. The topological polar surface area (TPSA) is 17.1 Å². The highest BCUT2D eigenvalue weighted by Gasteiger charge is 2.39. The monoisotopic (exact) mass is 230 g/mol. The number of benzene rings is 1. The molecule has 0 aliphatic heterocycles. The van der Waals surface area contributed by atoms with Gasteiger partial charge in [-0.3, -0.25) is 0 Å². The molecule has 1 atom stereocenters. The Morgan fingerprint density at radius 2 is 1.71 bits per heavy atom. The van der Waals surface area contributed by atoms with E-state index in [9.17, 15) is 26.2 Å². The highest BCUT2D eigenvalue weighted by molar-refractivity contribution is 7.86. The molecule has 0 saturated carbocycles. The van der Waals surface area contributed by atoms with Crippen LogP contribution in [0.25, 0.3) is 0 Å². The van der Waals surface area contributed by atoms with Crippen LogP contribution in [0.15, 0.2) is 23.1 Å². The van der Waals surface area contributed by atoms with Gasteiger partial charge < -0.3 is 0 Å². The highest BCUT2D eigenvalue weighted by Crippen LogP contribution is 2.27. The third-order valence-electron chi connectivity index (χ3n) is 1.30. The average molecular weight is 230 g/mol. The van der Waals surface area contributed by atoms with Crippen LogP contribution >= 0.6 is 0 Å². The molecule has 78 valence electrons. The normalized spacial score (nSPS) is 14.1. The smallest absolute Gasteiger partial charge is 0.245 e. The van der Waals surface area contributed by atoms with E-state index >= 15 is 0 Å². The van der Waals surface area contributed by atoms with E-state index in [1.54, 1.807) is 0 Å². The van der Waals surface area contributed by atoms with Crippen LogP contribution in [0.4, 0.5) is 22.0 Å². The lowest BCUT2D eigenvalue weighted by Gasteiger charge is -2.06. The summed E-state index contributed by atoms with van der Waals surface area (Å²) in [5.41, 5.74) is -5.04. The van der Waals surface area contributed by atoms with E-state index in [0.717, 1.165) is 0 Å². The van der Waals surface area contributed by atoms with E-state index in [1.807, 2.05) is 0 Å². The van der Waals surface area contributed by atoms with Gasteiger partial charge in [0.25, 0.3) is 0 Å². The van der Waals surface area contributed by atoms with Crippen molar-refractivity contribution >= 4 is 10.8 Å². The largest absolute Gasteiger partial charge is 0.475 e. The minimum Gasteiger partial charge on any atom is -0.245 e. The zero-order valence-electron chi connectivity index (χ0n) is 6.44. The number of hydrogen-bond acceptors (Lipinski definition) is 1. The molecule has 0 fully saturated rings. The zero-order valence-corrected chi connectivity index (χ0v) is 7.25. The first-order valence-electron chi connectivity index (χ1n) is 3.26. The van der Waals surface area contributed by atoms with Gasteiger partial charge in [0.2, 0.25) is 0 Å². The summed E-state index contributed by atoms with van der Waals surface area (Å²) in [5.74, 6) is -2.49. The first kappa shape index (κ1) is 11.1. The molecule has 0 amide bonds. The third kappa shape index (κ3) is 2.28. The Bertz CT molecular complexity index is 373. The van der Waals surface area contributed by atoms with Crippen molar-refractivity contribution in [2.75, 3.05) is 0 Å². The highest BCUT2D eigenvalue weighted by atomic mass is 32.2. The molecule has 1 unspecified atom stereocenters. The van der Waals surface area contributed by atoms with Crippen molar-refractivity contribution in [3.05, 3.63) is 29.8 Å². The molecule has 0 aliphatic rings. The maximum Gasteiger partial charge on any atom is 0.475 e. The molecule has 1 rings (SSSR count). The van der Waals surface area contributed by atoms with Gasteiger partial charge in [-0.05, 0) is 12.1 Å². The molecule has 1 aromatic carbocycles. The standard InChI is InChI=1S/C7H3F5OS/c8-4-1-2-6(5(9)3-4)14(13)7(10,11)12/h1-3H. The summed E-state index contributed by atoms with van der Waals surface area (Å²) in [6.45, 7) is 0. The van der Waals surface area contributed by atoms with Gasteiger partial charge in [0, 0.05) is 6.07 Å². The Morgan fingerprint density at radius 1 is 1.14 bits per heavy atom. The lowest BCUT2D eigenvalue weighted by Crippen LogP contribution is -2.17. The maximum atomic E-state index is 12.7. The number of halogens is 5. The van der Waals surface area contributed by atoms with Crippen molar-refractivity contribution in [3.63, 3.8) is 0 Å². The second-order valence-electron chi connectivity index (χ2n) is 2.29. The van der Waals surface area contributed by atoms with Crippen molar-refractivity contribution in [3.8, 4) is 0 Å². The molecule has 1 aromatic rings. The summed E-state index contributed by atoms with van der Waals surface area (Å²) >= 11 is 0. The van der Waals surface area contributed by atoms with Gasteiger partial charge in [-0.1, -0.05) is 0 Å². The number of hydrogen-bond donors (Lipinski definition) is 0.